The van der Waals surface area contributed by atoms with E-state index in [0.29, 0.717) is 10.8 Å². The predicted molar refractivity (Wildman–Crippen MR) is 127 cm³/mol. The van der Waals surface area contributed by atoms with Gasteiger partial charge in [0.15, 0.2) is 5.82 Å². The van der Waals surface area contributed by atoms with Crippen LogP contribution in [0.2, 0.25) is 10.0 Å². The van der Waals surface area contributed by atoms with Crippen LogP contribution in [0.15, 0.2) is 60.0 Å². The number of piperazine rings is 1. The maximum Gasteiger partial charge on any atom is 0.173 e. The average Bonchev–Trinajstić information content (AvgIpc) is 3.21. The van der Waals surface area contributed by atoms with Crippen LogP contribution >= 0.6 is 34.5 Å². The summed E-state index contributed by atoms with van der Waals surface area (Å²) in [5.74, 6) is 1.68. The molecule has 0 atom stereocenters. The summed E-state index contributed by atoms with van der Waals surface area (Å²) in [6.07, 6.45) is 0. The van der Waals surface area contributed by atoms with Crippen LogP contribution in [-0.2, 0) is 6.54 Å². The van der Waals surface area contributed by atoms with Crippen LogP contribution in [0.4, 0.5) is 5.82 Å². The van der Waals surface area contributed by atoms with E-state index in [4.69, 9.17) is 33.2 Å². The van der Waals surface area contributed by atoms with Crippen molar-refractivity contribution in [3.8, 4) is 10.7 Å². The number of halogens is 2. The van der Waals surface area contributed by atoms with Gasteiger partial charge < -0.3 is 4.90 Å². The third-order valence-electron chi connectivity index (χ3n) is 5.43. The first-order valence-corrected chi connectivity index (χ1v) is 11.5. The minimum atomic E-state index is 0.696. The molecule has 1 aliphatic rings. The van der Waals surface area contributed by atoms with Crippen LogP contribution < -0.4 is 4.90 Å². The molecule has 3 heterocycles. The molecule has 1 aliphatic heterocycles. The summed E-state index contributed by atoms with van der Waals surface area (Å²) in [6.45, 7) is 4.59. The smallest absolute Gasteiger partial charge is 0.173 e. The first kappa shape index (κ1) is 19.8. The maximum absolute atomic E-state index is 6.37. The summed E-state index contributed by atoms with van der Waals surface area (Å²) in [5, 5.41) is 4.59. The molecule has 2 aromatic carbocycles. The van der Waals surface area contributed by atoms with Crippen LogP contribution in [0.5, 0.6) is 0 Å². The summed E-state index contributed by atoms with van der Waals surface area (Å²) < 4.78 is 0. The second kappa shape index (κ2) is 8.52. The van der Waals surface area contributed by atoms with Crippen LogP contribution in [-0.4, -0.2) is 41.0 Å². The molecular weight excluding hydrogens is 435 g/mol. The fraction of sp³-hybridized carbons (Fsp3) is 0.217. The Morgan fingerprint density at radius 3 is 2.37 bits per heavy atom. The molecule has 4 nitrogen and oxygen atoms in total. The van der Waals surface area contributed by atoms with Gasteiger partial charge in [0, 0.05) is 43.1 Å². The Bertz CT molecular complexity index is 1180. The Hall–Kier alpha value is -2.18. The third kappa shape index (κ3) is 3.91. The van der Waals surface area contributed by atoms with Gasteiger partial charge in [-0.05, 0) is 35.2 Å². The minimum absolute atomic E-state index is 0.696. The zero-order valence-electron chi connectivity index (χ0n) is 16.3. The van der Waals surface area contributed by atoms with E-state index < -0.39 is 0 Å². The van der Waals surface area contributed by atoms with Crippen molar-refractivity contribution in [2.24, 2.45) is 0 Å². The lowest BCUT2D eigenvalue weighted by Crippen LogP contribution is -2.46. The number of nitrogens with zero attached hydrogens (tertiary/aromatic N) is 4. The van der Waals surface area contributed by atoms with Crippen molar-refractivity contribution in [1.29, 1.82) is 0 Å². The Morgan fingerprint density at radius 1 is 0.833 bits per heavy atom. The highest BCUT2D eigenvalue weighted by molar-refractivity contribution is 7.14. The van der Waals surface area contributed by atoms with Gasteiger partial charge in [-0.15, -0.1) is 11.3 Å². The number of hydrogen-bond donors (Lipinski definition) is 0. The van der Waals surface area contributed by atoms with Crippen molar-refractivity contribution >= 4 is 51.3 Å². The quantitative estimate of drug-likeness (QED) is 0.379. The zero-order chi connectivity index (χ0) is 20.5. The third-order valence-corrected chi connectivity index (χ3v) is 7.13. The van der Waals surface area contributed by atoms with Crippen molar-refractivity contribution in [2.75, 3.05) is 31.1 Å². The summed E-state index contributed by atoms with van der Waals surface area (Å²) in [7, 11) is 0. The van der Waals surface area contributed by atoms with E-state index in [9.17, 15) is 0 Å². The number of fused-ring (bicyclic) bond motifs is 1. The molecule has 0 saturated carbocycles. The van der Waals surface area contributed by atoms with Gasteiger partial charge in [-0.2, -0.15) is 0 Å². The Balaban J connectivity index is 1.41. The summed E-state index contributed by atoms with van der Waals surface area (Å²) >= 11 is 14.3. The number of hydrogen-bond acceptors (Lipinski definition) is 5. The lowest BCUT2D eigenvalue weighted by atomic mass is 10.1. The van der Waals surface area contributed by atoms with Gasteiger partial charge in [-0.3, -0.25) is 4.90 Å². The minimum Gasteiger partial charge on any atom is -0.353 e. The van der Waals surface area contributed by atoms with Crippen LogP contribution in [0, 0.1) is 0 Å². The molecular formula is C23H20Cl2N4S. The van der Waals surface area contributed by atoms with Gasteiger partial charge in [0.25, 0.3) is 0 Å². The summed E-state index contributed by atoms with van der Waals surface area (Å²) in [6, 6.07) is 18.2. The highest BCUT2D eigenvalue weighted by Crippen LogP contribution is 2.34. The van der Waals surface area contributed by atoms with Gasteiger partial charge in [-0.25, -0.2) is 9.97 Å². The van der Waals surface area contributed by atoms with Gasteiger partial charge in [0.1, 0.15) is 5.82 Å². The summed E-state index contributed by atoms with van der Waals surface area (Å²) in [5.41, 5.74) is 2.12. The van der Waals surface area contributed by atoms with E-state index in [-0.39, 0.29) is 0 Å². The molecule has 2 aromatic heterocycles. The molecule has 7 heteroatoms. The molecule has 1 saturated heterocycles. The van der Waals surface area contributed by atoms with Crippen molar-refractivity contribution in [2.45, 2.75) is 6.54 Å². The second-order valence-corrected chi connectivity index (χ2v) is 9.07. The molecule has 0 unspecified atom stereocenters. The maximum atomic E-state index is 6.37. The van der Waals surface area contributed by atoms with Crippen molar-refractivity contribution in [1.82, 2.24) is 14.9 Å². The Labute approximate surface area is 189 Å². The molecule has 0 N–H and O–H groups in total. The lowest BCUT2D eigenvalue weighted by Gasteiger charge is -2.36. The fourth-order valence-corrected chi connectivity index (χ4v) is 5.11. The topological polar surface area (TPSA) is 32.3 Å². The SMILES string of the molecule is Clc1ccccc1CN1CCN(c2nc(-c3sccc3Cl)nc3ccccc23)CC1. The molecule has 0 spiro atoms. The number of rotatable bonds is 4. The number of aromatic nitrogens is 2. The monoisotopic (exact) mass is 454 g/mol. The molecule has 5 rings (SSSR count). The van der Waals surface area contributed by atoms with Crippen LogP contribution in [0.25, 0.3) is 21.6 Å². The molecule has 30 heavy (non-hydrogen) atoms. The highest BCUT2D eigenvalue weighted by Gasteiger charge is 2.22. The number of benzene rings is 2. The first-order valence-electron chi connectivity index (χ1n) is 9.90. The number of anilines is 1. The van der Waals surface area contributed by atoms with Crippen molar-refractivity contribution in [3.05, 3.63) is 75.6 Å². The molecule has 0 radical (unpaired) electrons. The van der Waals surface area contributed by atoms with Crippen molar-refractivity contribution in [3.63, 3.8) is 0 Å². The van der Waals surface area contributed by atoms with Gasteiger partial charge in [0.2, 0.25) is 0 Å². The van der Waals surface area contributed by atoms with Gasteiger partial charge >= 0.3 is 0 Å². The number of thiophene rings is 1. The van der Waals surface area contributed by atoms with E-state index in [2.05, 4.69) is 21.9 Å². The molecule has 0 aliphatic carbocycles. The second-order valence-electron chi connectivity index (χ2n) is 7.34. The average molecular weight is 455 g/mol. The normalized spacial score (nSPS) is 15.1. The summed E-state index contributed by atoms with van der Waals surface area (Å²) in [4.78, 5) is 15.4. The Kier molecular flexibility index (Phi) is 5.61. The molecule has 152 valence electrons. The fourth-order valence-electron chi connectivity index (χ4n) is 3.84. The van der Waals surface area contributed by atoms with E-state index in [1.165, 1.54) is 5.56 Å². The predicted octanol–water partition coefficient (Wildman–Crippen LogP) is 5.99. The van der Waals surface area contributed by atoms with Crippen molar-refractivity contribution < 1.29 is 0 Å². The molecule has 0 bridgehead atoms. The van der Waals surface area contributed by atoms with E-state index in [0.717, 1.165) is 59.3 Å². The first-order chi connectivity index (χ1) is 14.7. The lowest BCUT2D eigenvalue weighted by molar-refractivity contribution is 0.249. The highest BCUT2D eigenvalue weighted by atomic mass is 35.5. The zero-order valence-corrected chi connectivity index (χ0v) is 18.6. The van der Waals surface area contributed by atoms with Crippen LogP contribution in [0.3, 0.4) is 0 Å². The Morgan fingerprint density at radius 2 is 1.60 bits per heavy atom. The molecule has 4 aromatic rings. The molecule has 1 fully saturated rings. The molecule has 0 amide bonds. The van der Waals surface area contributed by atoms with Gasteiger partial charge in [-0.1, -0.05) is 53.5 Å². The van der Waals surface area contributed by atoms with E-state index in [1.54, 1.807) is 11.3 Å². The van der Waals surface area contributed by atoms with Crippen LogP contribution in [0.1, 0.15) is 5.56 Å². The van der Waals surface area contributed by atoms with E-state index >= 15 is 0 Å². The number of para-hydroxylation sites is 1. The standard InChI is InChI=1S/C23H20Cl2N4S/c24-18-7-3-1-5-16(18)15-28-10-12-29(13-11-28)23-17-6-2-4-8-20(17)26-22(27-23)21-19(25)9-14-30-21/h1-9,14H,10-13,15H2. The van der Waals surface area contributed by atoms with Gasteiger partial charge in [0.05, 0.1) is 15.4 Å². The van der Waals surface area contributed by atoms with E-state index in [1.807, 2.05) is 47.8 Å². The largest absolute Gasteiger partial charge is 0.353 e.